The van der Waals surface area contributed by atoms with Crippen molar-refractivity contribution in [3.8, 4) is 22.6 Å². The molecule has 0 spiro atoms. The van der Waals surface area contributed by atoms with Crippen LogP contribution in [0.15, 0.2) is 52.6 Å². The number of H-pyrrole nitrogens is 1. The quantitative estimate of drug-likeness (QED) is 0.337. The maximum absolute atomic E-state index is 14.6. The fourth-order valence-corrected chi connectivity index (χ4v) is 3.23. The number of hydrogen-bond donors (Lipinski definition) is 2. The third-order valence-corrected chi connectivity index (χ3v) is 4.95. The Labute approximate surface area is 191 Å². The van der Waals surface area contributed by atoms with Gasteiger partial charge in [0.25, 0.3) is 0 Å². The minimum absolute atomic E-state index is 0.0267. The van der Waals surface area contributed by atoms with E-state index in [1.165, 1.54) is 0 Å². The molecule has 8 nitrogen and oxygen atoms in total. The highest BCUT2D eigenvalue weighted by Gasteiger charge is 2.35. The lowest BCUT2D eigenvalue weighted by Gasteiger charge is -2.16. The van der Waals surface area contributed by atoms with Crippen LogP contribution in [0.1, 0.15) is 51.5 Å². The van der Waals surface area contributed by atoms with E-state index in [1.807, 2.05) is 37.3 Å². The van der Waals surface area contributed by atoms with Crippen molar-refractivity contribution in [1.29, 1.82) is 0 Å². The number of pyridine rings is 1. The molecule has 10 heteroatoms. The maximum Gasteiger partial charge on any atom is 0.306 e. The van der Waals surface area contributed by atoms with Crippen LogP contribution >= 0.6 is 0 Å². The van der Waals surface area contributed by atoms with Gasteiger partial charge in [-0.1, -0.05) is 50.6 Å². The van der Waals surface area contributed by atoms with Crippen molar-refractivity contribution in [2.45, 2.75) is 58.4 Å². The van der Waals surface area contributed by atoms with Gasteiger partial charge in [0.15, 0.2) is 5.84 Å². The summed E-state index contributed by atoms with van der Waals surface area (Å²) in [5.41, 5.74) is 8.86. The van der Waals surface area contributed by atoms with Crippen LogP contribution in [0.5, 0.6) is 0 Å². The van der Waals surface area contributed by atoms with Crippen LogP contribution in [0, 0.1) is 0 Å². The number of hydrogen-bond acceptors (Lipinski definition) is 5. The van der Waals surface area contributed by atoms with Crippen LogP contribution in [0.3, 0.4) is 0 Å². The fourth-order valence-electron chi connectivity index (χ4n) is 3.23. The van der Waals surface area contributed by atoms with Crippen LogP contribution in [0.4, 0.5) is 8.78 Å². The summed E-state index contributed by atoms with van der Waals surface area (Å²) in [5.74, 6) is -3.02. The maximum atomic E-state index is 14.6. The fraction of sp³-hybridized carbons (Fsp3) is 0.391. The Morgan fingerprint density at radius 3 is 2.52 bits per heavy atom. The first-order valence-electron chi connectivity index (χ1n) is 11.0. The van der Waals surface area contributed by atoms with Crippen molar-refractivity contribution in [1.82, 2.24) is 25.6 Å². The van der Waals surface area contributed by atoms with Gasteiger partial charge in [0, 0.05) is 30.2 Å². The summed E-state index contributed by atoms with van der Waals surface area (Å²) < 4.78 is 29.2. The average Bonchev–Trinajstić information content (AvgIpc) is 3.35. The molecule has 0 radical (unpaired) electrons. The normalized spacial score (nSPS) is 12.8. The summed E-state index contributed by atoms with van der Waals surface area (Å²) in [6.07, 6.45) is 3.76. The zero-order valence-electron chi connectivity index (χ0n) is 18.8. The van der Waals surface area contributed by atoms with Gasteiger partial charge in [-0.05, 0) is 29.7 Å². The standard InChI is InChI=1S/C23H28F2N8/c1-3-5-10-20(26)29-22(23(24,25)13-4-2)28-15-16-11-12-19(27-14-16)17-8-6-7-9-18(17)21-30-32-33-31-21/h6-9,11-12,14H,3-5,10,13,15H2,1-2H3,(H2,26,28,29)(H,30,31,32,33). The first-order valence-corrected chi connectivity index (χ1v) is 11.0. The summed E-state index contributed by atoms with van der Waals surface area (Å²) in [6, 6.07) is 11.2. The molecule has 174 valence electrons. The van der Waals surface area contributed by atoms with Crippen LogP contribution < -0.4 is 5.73 Å². The van der Waals surface area contributed by atoms with E-state index < -0.39 is 11.8 Å². The van der Waals surface area contributed by atoms with Gasteiger partial charge in [0.2, 0.25) is 5.82 Å². The van der Waals surface area contributed by atoms with E-state index >= 15 is 0 Å². The number of nitrogens with one attached hydrogen (secondary N) is 1. The number of rotatable bonds is 10. The average molecular weight is 455 g/mol. The molecule has 2 aromatic heterocycles. The first-order chi connectivity index (χ1) is 15.9. The predicted molar refractivity (Wildman–Crippen MR) is 125 cm³/mol. The van der Waals surface area contributed by atoms with Crippen LogP contribution in [0.25, 0.3) is 22.6 Å². The molecule has 0 unspecified atom stereocenters. The highest BCUT2D eigenvalue weighted by molar-refractivity contribution is 5.99. The molecule has 0 saturated carbocycles. The van der Waals surface area contributed by atoms with E-state index in [0.29, 0.717) is 29.9 Å². The van der Waals surface area contributed by atoms with Crippen molar-refractivity contribution in [2.75, 3.05) is 0 Å². The number of nitrogens with two attached hydrogens (primary N) is 1. The third kappa shape index (κ3) is 6.47. The van der Waals surface area contributed by atoms with Crippen molar-refractivity contribution in [2.24, 2.45) is 15.7 Å². The highest BCUT2D eigenvalue weighted by Crippen LogP contribution is 2.28. The van der Waals surface area contributed by atoms with Gasteiger partial charge >= 0.3 is 5.92 Å². The lowest BCUT2D eigenvalue weighted by Crippen LogP contribution is -2.29. The summed E-state index contributed by atoms with van der Waals surface area (Å²) in [4.78, 5) is 12.6. The molecule has 3 rings (SSSR count). The number of tetrazole rings is 1. The number of alkyl halides is 2. The first kappa shape index (κ1) is 24.1. The van der Waals surface area contributed by atoms with Gasteiger partial charge in [-0.3, -0.25) is 9.98 Å². The molecule has 0 amide bonds. The molecule has 2 heterocycles. The molecule has 1 aromatic carbocycles. The Morgan fingerprint density at radius 2 is 1.88 bits per heavy atom. The molecule has 33 heavy (non-hydrogen) atoms. The predicted octanol–water partition coefficient (Wildman–Crippen LogP) is 4.81. The molecule has 0 fully saturated rings. The summed E-state index contributed by atoms with van der Waals surface area (Å²) in [6.45, 7) is 3.73. The van der Waals surface area contributed by atoms with Gasteiger partial charge in [0.1, 0.15) is 5.84 Å². The minimum atomic E-state index is -3.14. The van der Waals surface area contributed by atoms with E-state index in [9.17, 15) is 8.78 Å². The second-order valence-corrected chi connectivity index (χ2v) is 7.63. The van der Waals surface area contributed by atoms with E-state index in [0.717, 1.165) is 24.0 Å². The number of aliphatic imine (C=N–C) groups is 2. The number of aromatic amines is 1. The lowest BCUT2D eigenvalue weighted by atomic mass is 10.0. The molecular formula is C23H28F2N8. The Kier molecular flexibility index (Phi) is 8.28. The molecule has 3 N–H and O–H groups in total. The van der Waals surface area contributed by atoms with E-state index in [1.54, 1.807) is 19.2 Å². The number of amidine groups is 2. The highest BCUT2D eigenvalue weighted by atomic mass is 19.3. The Bertz CT molecular complexity index is 1080. The van der Waals surface area contributed by atoms with Gasteiger partial charge in [-0.25, -0.2) is 4.99 Å². The van der Waals surface area contributed by atoms with E-state index in [-0.39, 0.29) is 18.8 Å². The Balaban J connectivity index is 1.83. The second-order valence-electron chi connectivity index (χ2n) is 7.63. The van der Waals surface area contributed by atoms with Crippen LogP contribution in [-0.2, 0) is 6.54 Å². The monoisotopic (exact) mass is 454 g/mol. The van der Waals surface area contributed by atoms with Gasteiger partial charge in [-0.15, -0.1) is 10.2 Å². The third-order valence-electron chi connectivity index (χ3n) is 4.95. The zero-order chi connectivity index (χ0) is 23.7. The van der Waals surface area contributed by atoms with Crippen molar-refractivity contribution < 1.29 is 8.78 Å². The molecule has 0 aliphatic rings. The van der Waals surface area contributed by atoms with E-state index in [2.05, 4.69) is 35.6 Å². The van der Waals surface area contributed by atoms with Crippen LogP contribution in [-0.4, -0.2) is 43.2 Å². The topological polar surface area (TPSA) is 118 Å². The van der Waals surface area contributed by atoms with Gasteiger partial charge in [-0.2, -0.15) is 14.0 Å². The Hall–Kier alpha value is -3.56. The number of halogens is 2. The molecule has 0 bridgehead atoms. The second kappa shape index (κ2) is 11.3. The summed E-state index contributed by atoms with van der Waals surface area (Å²) in [7, 11) is 0. The summed E-state index contributed by atoms with van der Waals surface area (Å²) >= 11 is 0. The van der Waals surface area contributed by atoms with Crippen molar-refractivity contribution >= 4 is 11.7 Å². The Morgan fingerprint density at radius 1 is 1.09 bits per heavy atom. The van der Waals surface area contributed by atoms with Gasteiger partial charge < -0.3 is 5.73 Å². The molecule has 0 aliphatic carbocycles. The SMILES string of the molecule is CCCCC(N)=NC(=NCc1ccc(-c2ccccc2-c2nn[nH]n2)nc1)C(F)(F)CCC. The zero-order valence-corrected chi connectivity index (χ0v) is 18.8. The smallest absolute Gasteiger partial charge is 0.306 e. The number of benzene rings is 1. The molecular weight excluding hydrogens is 426 g/mol. The lowest BCUT2D eigenvalue weighted by molar-refractivity contribution is 0.0657. The number of nitrogens with zero attached hydrogens (tertiary/aromatic N) is 6. The number of aromatic nitrogens is 5. The molecule has 0 atom stereocenters. The number of unbranched alkanes of at least 4 members (excludes halogenated alkanes) is 1. The van der Waals surface area contributed by atoms with Gasteiger partial charge in [0.05, 0.1) is 12.2 Å². The molecule has 0 aliphatic heterocycles. The van der Waals surface area contributed by atoms with Crippen molar-refractivity contribution in [3.05, 3.63) is 48.2 Å². The van der Waals surface area contributed by atoms with Crippen molar-refractivity contribution in [3.63, 3.8) is 0 Å². The summed E-state index contributed by atoms with van der Waals surface area (Å²) in [5, 5.41) is 14.1. The minimum Gasteiger partial charge on any atom is -0.387 e. The molecule has 0 saturated heterocycles. The van der Waals surface area contributed by atoms with Crippen LogP contribution in [0.2, 0.25) is 0 Å². The molecule has 3 aromatic rings. The largest absolute Gasteiger partial charge is 0.387 e. The van der Waals surface area contributed by atoms with E-state index in [4.69, 9.17) is 5.73 Å².